The van der Waals surface area contributed by atoms with Crippen LogP contribution in [0.25, 0.3) is 11.4 Å². The summed E-state index contributed by atoms with van der Waals surface area (Å²) in [5.41, 5.74) is 1.59. The highest BCUT2D eigenvalue weighted by molar-refractivity contribution is 5.79. The lowest BCUT2D eigenvalue weighted by Gasteiger charge is -2.24. The highest BCUT2D eigenvalue weighted by atomic mass is 16.2. The first kappa shape index (κ1) is 16.4. The van der Waals surface area contributed by atoms with Crippen molar-refractivity contribution in [3.63, 3.8) is 0 Å². The van der Waals surface area contributed by atoms with Crippen LogP contribution in [0.15, 0.2) is 29.3 Å². The van der Waals surface area contributed by atoms with Gasteiger partial charge in [0, 0.05) is 42.3 Å². The molecule has 6 heteroatoms. The van der Waals surface area contributed by atoms with E-state index in [0.29, 0.717) is 23.1 Å². The molecule has 6 nitrogen and oxygen atoms in total. The van der Waals surface area contributed by atoms with Gasteiger partial charge in [-0.15, -0.1) is 0 Å². The molecule has 3 rings (SSSR count). The number of aryl methyl sites for hydroxylation is 1. The van der Waals surface area contributed by atoms with Gasteiger partial charge in [-0.05, 0) is 31.9 Å². The van der Waals surface area contributed by atoms with Gasteiger partial charge >= 0.3 is 0 Å². The number of aromatic amines is 1. The molecule has 1 aliphatic carbocycles. The molecule has 1 N–H and O–H groups in total. The van der Waals surface area contributed by atoms with Crippen LogP contribution in [0.5, 0.6) is 0 Å². The van der Waals surface area contributed by atoms with Crippen molar-refractivity contribution in [2.75, 3.05) is 7.05 Å². The Morgan fingerprint density at radius 2 is 1.96 bits per heavy atom. The highest BCUT2D eigenvalue weighted by Gasteiger charge is 2.24. The largest absolute Gasteiger partial charge is 0.342 e. The molecule has 2 aromatic rings. The first-order chi connectivity index (χ1) is 11.6. The molecule has 0 spiro atoms. The Morgan fingerprint density at radius 3 is 2.58 bits per heavy atom. The van der Waals surface area contributed by atoms with Crippen LogP contribution >= 0.6 is 0 Å². The number of pyridine rings is 1. The van der Waals surface area contributed by atoms with E-state index in [1.54, 1.807) is 36.4 Å². The maximum absolute atomic E-state index is 12.5. The first-order valence-corrected chi connectivity index (χ1v) is 8.32. The van der Waals surface area contributed by atoms with Crippen LogP contribution in [-0.2, 0) is 11.2 Å². The summed E-state index contributed by atoms with van der Waals surface area (Å²) >= 11 is 0. The monoisotopic (exact) mass is 326 g/mol. The number of aromatic nitrogens is 3. The number of H-pyrrole nitrogens is 1. The minimum atomic E-state index is -0.248. The lowest BCUT2D eigenvalue weighted by Crippen LogP contribution is -2.37. The van der Waals surface area contributed by atoms with Crippen LogP contribution < -0.4 is 5.56 Å². The van der Waals surface area contributed by atoms with Crippen molar-refractivity contribution in [1.82, 2.24) is 19.9 Å². The molecule has 0 saturated heterocycles. The van der Waals surface area contributed by atoms with E-state index in [-0.39, 0.29) is 17.9 Å². The molecular weight excluding hydrogens is 304 g/mol. The molecule has 2 aromatic heterocycles. The fourth-order valence-corrected chi connectivity index (χ4v) is 3.24. The zero-order chi connectivity index (χ0) is 17.1. The zero-order valence-corrected chi connectivity index (χ0v) is 14.1. The Labute approximate surface area is 141 Å². The molecule has 1 saturated carbocycles. The van der Waals surface area contributed by atoms with E-state index < -0.39 is 0 Å². The van der Waals surface area contributed by atoms with Gasteiger partial charge in [-0.3, -0.25) is 14.6 Å². The fraction of sp³-hybridized carbons (Fsp3) is 0.444. The van der Waals surface area contributed by atoms with Crippen molar-refractivity contribution < 1.29 is 4.79 Å². The standard InChI is InChI=1S/C18H22N4O2/c1-12-15(11-16(23)22(2)14-5-3-4-6-14)18(24)21-17(20-12)13-7-9-19-10-8-13/h7-10,14H,3-6,11H2,1-2H3,(H,20,21,24). The Bertz CT molecular complexity index is 779. The quantitative estimate of drug-likeness (QED) is 0.933. The second kappa shape index (κ2) is 6.95. The number of hydrogen-bond donors (Lipinski definition) is 1. The minimum absolute atomic E-state index is 0.0195. The Hall–Kier alpha value is -2.50. The Balaban J connectivity index is 1.81. The summed E-state index contributed by atoms with van der Waals surface area (Å²) in [6.07, 6.45) is 7.84. The number of nitrogens with zero attached hydrogens (tertiary/aromatic N) is 3. The fourth-order valence-electron chi connectivity index (χ4n) is 3.24. The van der Waals surface area contributed by atoms with Gasteiger partial charge in [-0.1, -0.05) is 12.8 Å². The predicted molar refractivity (Wildman–Crippen MR) is 91.6 cm³/mol. The second-order valence-corrected chi connectivity index (χ2v) is 6.33. The molecule has 1 fully saturated rings. The molecule has 1 amide bonds. The summed E-state index contributed by atoms with van der Waals surface area (Å²) in [5, 5.41) is 0. The Morgan fingerprint density at radius 1 is 1.29 bits per heavy atom. The van der Waals surface area contributed by atoms with Crippen LogP contribution in [0.2, 0.25) is 0 Å². The summed E-state index contributed by atoms with van der Waals surface area (Å²) in [5.74, 6) is 0.481. The molecule has 0 bridgehead atoms. The van der Waals surface area contributed by atoms with Crippen LogP contribution in [-0.4, -0.2) is 38.8 Å². The number of amides is 1. The van der Waals surface area contributed by atoms with Gasteiger partial charge in [0.2, 0.25) is 5.91 Å². The lowest BCUT2D eigenvalue weighted by molar-refractivity contribution is -0.131. The molecular formula is C18H22N4O2. The SMILES string of the molecule is Cc1nc(-c2ccncc2)[nH]c(=O)c1CC(=O)N(C)C1CCCC1. The van der Waals surface area contributed by atoms with E-state index in [1.807, 2.05) is 7.05 Å². The van der Waals surface area contributed by atoms with Gasteiger partial charge in [0.25, 0.3) is 5.56 Å². The van der Waals surface area contributed by atoms with E-state index in [4.69, 9.17) is 0 Å². The van der Waals surface area contributed by atoms with E-state index in [9.17, 15) is 9.59 Å². The number of carbonyl (C=O) groups excluding carboxylic acids is 1. The molecule has 24 heavy (non-hydrogen) atoms. The minimum Gasteiger partial charge on any atom is -0.342 e. The predicted octanol–water partition coefficient (Wildman–Crippen LogP) is 2.08. The summed E-state index contributed by atoms with van der Waals surface area (Å²) < 4.78 is 0. The summed E-state index contributed by atoms with van der Waals surface area (Å²) in [6.45, 7) is 1.78. The van der Waals surface area contributed by atoms with Crippen molar-refractivity contribution in [2.24, 2.45) is 0 Å². The van der Waals surface area contributed by atoms with Gasteiger partial charge in [0.05, 0.1) is 6.42 Å². The number of likely N-dealkylation sites (N-methyl/N-ethyl adjacent to an activating group) is 1. The van der Waals surface area contributed by atoms with Gasteiger partial charge in [-0.25, -0.2) is 4.98 Å². The molecule has 0 aromatic carbocycles. The van der Waals surface area contributed by atoms with Crippen LogP contribution in [0.3, 0.4) is 0 Å². The number of rotatable bonds is 4. The van der Waals surface area contributed by atoms with E-state index in [2.05, 4.69) is 15.0 Å². The molecule has 126 valence electrons. The van der Waals surface area contributed by atoms with E-state index >= 15 is 0 Å². The maximum Gasteiger partial charge on any atom is 0.255 e. The number of nitrogens with one attached hydrogen (secondary N) is 1. The first-order valence-electron chi connectivity index (χ1n) is 8.32. The molecule has 0 aliphatic heterocycles. The van der Waals surface area contributed by atoms with Crippen molar-refractivity contribution in [3.8, 4) is 11.4 Å². The third-order valence-electron chi connectivity index (χ3n) is 4.77. The van der Waals surface area contributed by atoms with E-state index in [0.717, 1.165) is 18.4 Å². The van der Waals surface area contributed by atoms with Crippen molar-refractivity contribution in [3.05, 3.63) is 46.1 Å². The summed E-state index contributed by atoms with van der Waals surface area (Å²) in [7, 11) is 1.83. The van der Waals surface area contributed by atoms with Gasteiger partial charge < -0.3 is 9.88 Å². The normalized spacial score (nSPS) is 14.8. The van der Waals surface area contributed by atoms with Crippen molar-refractivity contribution >= 4 is 5.91 Å². The summed E-state index contributed by atoms with van der Waals surface area (Å²) in [6, 6.07) is 3.88. The lowest BCUT2D eigenvalue weighted by atomic mass is 10.1. The number of carbonyl (C=O) groups is 1. The van der Waals surface area contributed by atoms with Crippen LogP contribution in [0.4, 0.5) is 0 Å². The maximum atomic E-state index is 12.5. The van der Waals surface area contributed by atoms with Crippen molar-refractivity contribution in [2.45, 2.75) is 45.1 Å². The average Bonchev–Trinajstić information content (AvgIpc) is 3.12. The molecule has 0 atom stereocenters. The van der Waals surface area contributed by atoms with Crippen molar-refractivity contribution in [1.29, 1.82) is 0 Å². The van der Waals surface area contributed by atoms with E-state index in [1.165, 1.54) is 12.8 Å². The molecule has 2 heterocycles. The third-order valence-corrected chi connectivity index (χ3v) is 4.77. The third kappa shape index (κ3) is 3.37. The number of hydrogen-bond acceptors (Lipinski definition) is 4. The average molecular weight is 326 g/mol. The molecule has 0 unspecified atom stereocenters. The van der Waals surface area contributed by atoms with Crippen LogP contribution in [0.1, 0.15) is 36.9 Å². The highest BCUT2D eigenvalue weighted by Crippen LogP contribution is 2.23. The zero-order valence-electron chi connectivity index (χ0n) is 14.1. The topological polar surface area (TPSA) is 79.0 Å². The summed E-state index contributed by atoms with van der Waals surface area (Å²) in [4.78, 5) is 37.9. The molecule has 1 aliphatic rings. The van der Waals surface area contributed by atoms with Crippen LogP contribution in [0, 0.1) is 6.92 Å². The smallest absolute Gasteiger partial charge is 0.255 e. The van der Waals surface area contributed by atoms with Gasteiger partial charge in [0.1, 0.15) is 5.82 Å². The van der Waals surface area contributed by atoms with Gasteiger partial charge in [0.15, 0.2) is 0 Å². The second-order valence-electron chi connectivity index (χ2n) is 6.33. The Kier molecular flexibility index (Phi) is 4.74. The molecule has 0 radical (unpaired) electrons. The van der Waals surface area contributed by atoms with Gasteiger partial charge in [-0.2, -0.15) is 0 Å².